The molecular weight excluding hydrogens is 763 g/mol. The fourth-order valence-corrected chi connectivity index (χ4v) is 5.98. The molecule has 0 unspecified atom stereocenters. The van der Waals surface area contributed by atoms with Gasteiger partial charge in [0.15, 0.2) is 0 Å². The molecule has 306 valence electrons. The largest absolute Gasteiger partial charge is 0.493 e. The molecule has 0 heterocycles. The molecule has 0 aromatic heterocycles. The van der Waals surface area contributed by atoms with E-state index in [1.165, 1.54) is 36.4 Å². The maximum Gasteiger partial charge on any atom is 0.336 e. The summed E-state index contributed by atoms with van der Waals surface area (Å²) >= 11 is 0. The smallest absolute Gasteiger partial charge is 0.336 e. The maximum absolute atomic E-state index is 14.8. The Bertz CT molecular complexity index is 2180. The van der Waals surface area contributed by atoms with Crippen molar-refractivity contribution in [2.45, 2.75) is 46.0 Å². The Kier molecular flexibility index (Phi) is 14.4. The van der Waals surface area contributed by atoms with E-state index in [2.05, 4.69) is 13.2 Å². The normalized spacial score (nSPS) is 12.4. The van der Waals surface area contributed by atoms with Crippen molar-refractivity contribution in [2.75, 3.05) is 26.4 Å². The van der Waals surface area contributed by atoms with Crippen molar-refractivity contribution >= 4 is 36.0 Å². The number of rotatable bonds is 18. The highest BCUT2D eigenvalue weighted by Crippen LogP contribution is 2.50. The van der Waals surface area contributed by atoms with Gasteiger partial charge in [-0.2, -0.15) is 0 Å². The van der Waals surface area contributed by atoms with Crippen LogP contribution in [0, 0.1) is 11.6 Å². The third-order valence-corrected chi connectivity index (χ3v) is 9.08. The predicted molar refractivity (Wildman–Crippen MR) is 218 cm³/mol. The molecule has 12 heteroatoms. The number of fused-ring (bicyclic) bond motifs is 3. The minimum absolute atomic E-state index is 0.145. The first-order valence-electron chi connectivity index (χ1n) is 18.7. The summed E-state index contributed by atoms with van der Waals surface area (Å²) < 4.78 is 61.7. The highest BCUT2D eigenvalue weighted by molar-refractivity contribution is 5.91. The van der Waals surface area contributed by atoms with E-state index in [4.69, 9.17) is 28.4 Å². The number of ether oxygens (including phenoxy) is 6. The first-order chi connectivity index (χ1) is 28.1. The maximum atomic E-state index is 14.8. The minimum Gasteiger partial charge on any atom is -0.493 e. The molecule has 0 bridgehead atoms. The molecule has 59 heavy (non-hydrogen) atoms. The Balaban J connectivity index is 1.13. The van der Waals surface area contributed by atoms with Gasteiger partial charge in [0.05, 0.1) is 26.4 Å². The molecule has 4 aromatic rings. The average molecular weight is 807 g/mol. The first kappa shape index (κ1) is 43.3. The van der Waals surface area contributed by atoms with Gasteiger partial charge in [0, 0.05) is 64.8 Å². The third kappa shape index (κ3) is 11.6. The van der Waals surface area contributed by atoms with Crippen LogP contribution in [0.2, 0.25) is 0 Å². The van der Waals surface area contributed by atoms with Crippen molar-refractivity contribution in [1.29, 1.82) is 0 Å². The molecule has 0 amide bonds. The van der Waals surface area contributed by atoms with Crippen molar-refractivity contribution in [1.82, 2.24) is 0 Å². The van der Waals surface area contributed by atoms with E-state index in [1.54, 1.807) is 50.2 Å². The Morgan fingerprint density at radius 2 is 0.966 bits per heavy atom. The monoisotopic (exact) mass is 806 g/mol. The summed E-state index contributed by atoms with van der Waals surface area (Å²) in [5.41, 5.74) is 3.96. The lowest BCUT2D eigenvalue weighted by molar-refractivity contribution is -0.140. The van der Waals surface area contributed by atoms with Crippen LogP contribution in [0.5, 0.6) is 23.0 Å². The van der Waals surface area contributed by atoms with Gasteiger partial charge >= 0.3 is 23.9 Å². The van der Waals surface area contributed by atoms with Crippen molar-refractivity contribution in [3.8, 4) is 34.1 Å². The molecule has 0 atom stereocenters. The Morgan fingerprint density at radius 3 is 1.34 bits per heavy atom. The summed E-state index contributed by atoms with van der Waals surface area (Å²) in [4.78, 5) is 48.4. The molecule has 1 aliphatic rings. The van der Waals surface area contributed by atoms with Gasteiger partial charge in [0.1, 0.15) is 34.6 Å². The molecular formula is C47H44F2O10. The summed E-state index contributed by atoms with van der Waals surface area (Å²) in [7, 11) is 0. The fraction of sp³-hybridized carbons (Fsp3) is 0.234. The summed E-state index contributed by atoms with van der Waals surface area (Å²) in [6, 6.07) is 19.1. The highest BCUT2D eigenvalue weighted by atomic mass is 19.1. The fourth-order valence-electron chi connectivity index (χ4n) is 5.98. The average Bonchev–Trinajstić information content (AvgIpc) is 3.41. The number of benzene rings is 4. The standard InChI is InChI=1S/C47H44F2O10/c1-29(2)45(52)56-23-7-21-54-33-13-9-31(41(48)27-33)11-19-43(50)58-35-15-17-37-38-18-16-36(26-40(38)47(5,6)39(37)25-35)59-44(51)20-12-32-10-14-34(28-42(32)49)55-22-8-24-57-46(53)30(3)4/h9-20,25-28H,1,3,7-8,21-24H2,2,4-6H3. The van der Waals surface area contributed by atoms with E-state index < -0.39 is 40.9 Å². The van der Waals surface area contributed by atoms with Crippen molar-refractivity contribution in [3.63, 3.8) is 0 Å². The molecule has 0 spiro atoms. The number of hydrogen-bond donors (Lipinski definition) is 0. The van der Waals surface area contributed by atoms with Gasteiger partial charge in [0.2, 0.25) is 0 Å². The van der Waals surface area contributed by atoms with Crippen molar-refractivity contribution in [3.05, 3.63) is 143 Å². The van der Waals surface area contributed by atoms with Crippen LogP contribution in [-0.2, 0) is 34.1 Å². The second kappa shape index (κ2) is 19.6. The lowest BCUT2D eigenvalue weighted by atomic mass is 9.82. The highest BCUT2D eigenvalue weighted by Gasteiger charge is 2.36. The second-order valence-electron chi connectivity index (χ2n) is 14.2. The zero-order chi connectivity index (χ0) is 42.7. The molecule has 1 aliphatic carbocycles. The zero-order valence-corrected chi connectivity index (χ0v) is 33.2. The Morgan fingerprint density at radius 1 is 0.576 bits per heavy atom. The van der Waals surface area contributed by atoms with Crippen LogP contribution < -0.4 is 18.9 Å². The molecule has 5 rings (SSSR count). The van der Waals surface area contributed by atoms with E-state index >= 15 is 0 Å². The van der Waals surface area contributed by atoms with Gasteiger partial charge in [-0.3, -0.25) is 0 Å². The first-order valence-corrected chi connectivity index (χ1v) is 18.7. The molecule has 0 radical (unpaired) electrons. The SMILES string of the molecule is C=C(C)C(=O)OCCCOc1ccc(C=CC(=O)Oc2ccc3c(c2)C(C)(C)c2cc(OC(=O)C=Cc4ccc(OCCCOC(=O)C(=C)C)cc4F)ccc2-3)c(F)c1. The second-order valence-corrected chi connectivity index (χ2v) is 14.2. The Hall–Kier alpha value is -6.82. The predicted octanol–water partition coefficient (Wildman–Crippen LogP) is 9.29. The molecule has 0 aliphatic heterocycles. The van der Waals surface area contributed by atoms with E-state index in [1.807, 2.05) is 26.0 Å². The van der Waals surface area contributed by atoms with E-state index in [9.17, 15) is 28.0 Å². The molecule has 0 N–H and O–H groups in total. The van der Waals surface area contributed by atoms with Gasteiger partial charge in [-0.1, -0.05) is 39.1 Å². The van der Waals surface area contributed by atoms with Crippen LogP contribution in [0.1, 0.15) is 62.8 Å². The van der Waals surface area contributed by atoms with Crippen LogP contribution >= 0.6 is 0 Å². The van der Waals surface area contributed by atoms with E-state index in [0.717, 1.165) is 34.4 Å². The van der Waals surface area contributed by atoms with Crippen LogP contribution in [-0.4, -0.2) is 50.3 Å². The number of esters is 4. The number of halogens is 2. The van der Waals surface area contributed by atoms with Crippen LogP contribution in [0.25, 0.3) is 23.3 Å². The summed E-state index contributed by atoms with van der Waals surface area (Å²) in [6.07, 6.45) is 5.71. The quantitative estimate of drug-likeness (QED) is 0.0416. The molecule has 0 saturated heterocycles. The van der Waals surface area contributed by atoms with Crippen molar-refractivity contribution < 1.29 is 56.4 Å². The molecule has 10 nitrogen and oxygen atoms in total. The van der Waals surface area contributed by atoms with Gasteiger partial charge in [-0.25, -0.2) is 28.0 Å². The summed E-state index contributed by atoms with van der Waals surface area (Å²) in [5, 5.41) is 0. The Labute approximate surface area is 341 Å². The molecule has 4 aromatic carbocycles. The van der Waals surface area contributed by atoms with E-state index in [-0.39, 0.29) is 49.1 Å². The lowest BCUT2D eigenvalue weighted by Crippen LogP contribution is -2.16. The van der Waals surface area contributed by atoms with Gasteiger partial charge in [0.25, 0.3) is 0 Å². The number of carbonyl (C=O) groups is 4. The summed E-state index contributed by atoms with van der Waals surface area (Å²) in [6.45, 7) is 14.8. The topological polar surface area (TPSA) is 124 Å². The number of hydrogen-bond acceptors (Lipinski definition) is 10. The number of carbonyl (C=O) groups excluding carboxylic acids is 4. The van der Waals surface area contributed by atoms with E-state index in [0.29, 0.717) is 35.5 Å². The minimum atomic E-state index is -0.704. The van der Waals surface area contributed by atoms with Gasteiger partial charge in [-0.05, 0) is 96.8 Å². The van der Waals surface area contributed by atoms with Gasteiger partial charge < -0.3 is 28.4 Å². The van der Waals surface area contributed by atoms with Crippen LogP contribution in [0.4, 0.5) is 8.78 Å². The lowest BCUT2D eigenvalue weighted by Gasteiger charge is -2.22. The molecule has 0 fully saturated rings. The molecule has 0 saturated carbocycles. The van der Waals surface area contributed by atoms with Crippen molar-refractivity contribution in [2.24, 2.45) is 0 Å². The third-order valence-electron chi connectivity index (χ3n) is 9.08. The zero-order valence-electron chi connectivity index (χ0n) is 33.2. The van der Waals surface area contributed by atoms with Gasteiger partial charge in [-0.15, -0.1) is 0 Å². The van der Waals surface area contributed by atoms with Crippen LogP contribution in [0.15, 0.2) is 109 Å². The van der Waals surface area contributed by atoms with Crippen LogP contribution in [0.3, 0.4) is 0 Å². The summed E-state index contributed by atoms with van der Waals surface area (Å²) in [5.74, 6) is -2.41.